The first-order chi connectivity index (χ1) is 17.8. The summed E-state index contributed by atoms with van der Waals surface area (Å²) in [5.41, 5.74) is 3.21. The smallest absolute Gasteiger partial charge is 0.243 e. The van der Waals surface area contributed by atoms with Crippen LogP contribution in [0.5, 0.6) is 0 Å². The maximum Gasteiger partial charge on any atom is 0.243 e. The molecular formula is C28H39Cl2N3O4S. The van der Waals surface area contributed by atoms with Gasteiger partial charge < -0.3 is 10.2 Å². The quantitative estimate of drug-likeness (QED) is 0.319. The van der Waals surface area contributed by atoms with Crippen molar-refractivity contribution in [2.75, 3.05) is 17.1 Å². The highest BCUT2D eigenvalue weighted by atomic mass is 35.5. The zero-order chi connectivity index (χ0) is 28.6. The van der Waals surface area contributed by atoms with Gasteiger partial charge in [-0.2, -0.15) is 0 Å². The second-order valence-corrected chi connectivity index (χ2v) is 12.4. The molecule has 2 aromatic rings. The predicted octanol–water partition coefficient (Wildman–Crippen LogP) is 5.88. The molecule has 0 unspecified atom stereocenters. The van der Waals surface area contributed by atoms with Crippen molar-refractivity contribution in [2.24, 2.45) is 0 Å². The van der Waals surface area contributed by atoms with Crippen LogP contribution in [0.1, 0.15) is 63.1 Å². The third kappa shape index (κ3) is 8.61. The summed E-state index contributed by atoms with van der Waals surface area (Å²) in [4.78, 5) is 28.3. The van der Waals surface area contributed by atoms with Gasteiger partial charge in [-0.15, -0.1) is 0 Å². The molecule has 2 atom stereocenters. The molecule has 10 heteroatoms. The third-order valence-corrected chi connectivity index (χ3v) is 8.64. The summed E-state index contributed by atoms with van der Waals surface area (Å²) in [6.07, 6.45) is 2.72. The van der Waals surface area contributed by atoms with Gasteiger partial charge in [-0.25, -0.2) is 8.42 Å². The van der Waals surface area contributed by atoms with Crippen LogP contribution in [0.25, 0.3) is 0 Å². The van der Waals surface area contributed by atoms with E-state index in [0.717, 1.165) is 23.1 Å². The number of nitrogens with one attached hydrogen (secondary N) is 1. The number of hydrogen-bond donors (Lipinski definition) is 1. The second kappa shape index (κ2) is 14.2. The first kappa shape index (κ1) is 31.9. The Kier molecular flexibility index (Phi) is 11.9. The maximum absolute atomic E-state index is 13.6. The van der Waals surface area contributed by atoms with Crippen LogP contribution < -0.4 is 9.62 Å². The minimum Gasteiger partial charge on any atom is -0.352 e. The summed E-state index contributed by atoms with van der Waals surface area (Å²) < 4.78 is 26.6. The van der Waals surface area contributed by atoms with Gasteiger partial charge >= 0.3 is 0 Å². The van der Waals surface area contributed by atoms with Gasteiger partial charge in [0, 0.05) is 25.6 Å². The molecule has 0 heterocycles. The second-order valence-electron chi connectivity index (χ2n) is 9.67. The van der Waals surface area contributed by atoms with Crippen LogP contribution in [-0.2, 0) is 26.2 Å². The molecule has 0 radical (unpaired) electrons. The number of sulfonamides is 1. The Morgan fingerprint density at radius 2 is 1.71 bits per heavy atom. The van der Waals surface area contributed by atoms with Crippen LogP contribution in [0.2, 0.25) is 10.0 Å². The highest BCUT2D eigenvalue weighted by molar-refractivity contribution is 7.92. The van der Waals surface area contributed by atoms with Crippen LogP contribution in [-0.4, -0.2) is 50.0 Å². The van der Waals surface area contributed by atoms with E-state index in [1.54, 1.807) is 29.2 Å². The van der Waals surface area contributed by atoms with Crippen molar-refractivity contribution < 1.29 is 18.0 Å². The molecule has 210 valence electrons. The zero-order valence-corrected chi connectivity index (χ0v) is 25.4. The van der Waals surface area contributed by atoms with Crippen molar-refractivity contribution in [1.82, 2.24) is 10.2 Å². The number of benzene rings is 2. The summed E-state index contributed by atoms with van der Waals surface area (Å²) in [5, 5.41) is 3.75. The Hall–Kier alpha value is -2.29. The maximum atomic E-state index is 13.6. The zero-order valence-electron chi connectivity index (χ0n) is 23.1. The SMILES string of the molecule is CC[C@@H](C)NC(=O)[C@@H](CC)N(Cc1ccc(Cl)c(Cl)c1)C(=O)CCCN(c1cccc(C)c1C)S(C)(=O)=O. The lowest BCUT2D eigenvalue weighted by molar-refractivity contribution is -0.141. The van der Waals surface area contributed by atoms with E-state index in [-0.39, 0.29) is 37.4 Å². The first-order valence-corrected chi connectivity index (χ1v) is 15.5. The van der Waals surface area contributed by atoms with E-state index in [2.05, 4.69) is 5.32 Å². The molecule has 2 amide bonds. The first-order valence-electron chi connectivity index (χ1n) is 12.9. The highest BCUT2D eigenvalue weighted by Crippen LogP contribution is 2.27. The Balaban J connectivity index is 2.29. The number of amides is 2. The molecule has 0 aromatic heterocycles. The monoisotopic (exact) mass is 583 g/mol. The molecule has 1 N–H and O–H groups in total. The van der Waals surface area contributed by atoms with E-state index >= 15 is 0 Å². The molecule has 0 saturated heterocycles. The van der Waals surface area contributed by atoms with Crippen molar-refractivity contribution in [3.05, 3.63) is 63.1 Å². The van der Waals surface area contributed by atoms with Gasteiger partial charge in [-0.05, 0) is 74.9 Å². The molecule has 38 heavy (non-hydrogen) atoms. The van der Waals surface area contributed by atoms with Gasteiger partial charge in [0.2, 0.25) is 21.8 Å². The van der Waals surface area contributed by atoms with Crippen LogP contribution in [0.15, 0.2) is 36.4 Å². The van der Waals surface area contributed by atoms with Crippen LogP contribution in [0, 0.1) is 13.8 Å². The standard InChI is InChI=1S/C28H39Cl2N3O4S/c1-7-20(4)31-28(35)25(8-2)32(18-22-14-15-23(29)24(30)17-22)27(34)13-10-16-33(38(6,36)37)26-12-9-11-19(3)21(26)5/h9,11-12,14-15,17,20,25H,7-8,10,13,16,18H2,1-6H3,(H,31,35)/t20-,25-/m1/s1. The molecule has 0 aliphatic rings. The van der Waals surface area contributed by atoms with E-state index in [1.807, 2.05) is 46.8 Å². The third-order valence-electron chi connectivity index (χ3n) is 6.72. The number of carbonyl (C=O) groups is 2. The van der Waals surface area contributed by atoms with Crippen LogP contribution >= 0.6 is 23.2 Å². The Bertz CT molecular complexity index is 1240. The number of hydrogen-bond acceptors (Lipinski definition) is 4. The van der Waals surface area contributed by atoms with Gasteiger partial charge in [-0.1, -0.05) is 55.2 Å². The van der Waals surface area contributed by atoms with Crippen molar-refractivity contribution >= 4 is 50.7 Å². The minimum atomic E-state index is -3.57. The molecule has 0 bridgehead atoms. The minimum absolute atomic E-state index is 0.0284. The molecule has 0 spiro atoms. The summed E-state index contributed by atoms with van der Waals surface area (Å²) >= 11 is 12.3. The van der Waals surface area contributed by atoms with Crippen molar-refractivity contribution in [3.8, 4) is 0 Å². The molecule has 2 aromatic carbocycles. The largest absolute Gasteiger partial charge is 0.352 e. The average Bonchev–Trinajstić information content (AvgIpc) is 2.85. The molecule has 2 rings (SSSR count). The number of aryl methyl sites for hydroxylation is 1. The van der Waals surface area contributed by atoms with Gasteiger partial charge in [0.1, 0.15) is 6.04 Å². The van der Waals surface area contributed by atoms with Crippen LogP contribution in [0.4, 0.5) is 5.69 Å². The summed E-state index contributed by atoms with van der Waals surface area (Å²) in [7, 11) is -3.57. The summed E-state index contributed by atoms with van der Waals surface area (Å²) in [5.74, 6) is -0.458. The number of nitrogens with zero attached hydrogens (tertiary/aromatic N) is 2. The van der Waals surface area contributed by atoms with E-state index in [4.69, 9.17) is 23.2 Å². The summed E-state index contributed by atoms with van der Waals surface area (Å²) in [6.45, 7) is 9.90. The van der Waals surface area contributed by atoms with Gasteiger partial charge in [0.15, 0.2) is 0 Å². The molecule has 0 aliphatic heterocycles. The van der Waals surface area contributed by atoms with Crippen LogP contribution in [0.3, 0.4) is 0 Å². The summed E-state index contributed by atoms with van der Waals surface area (Å²) in [6, 6.07) is 9.94. The fourth-order valence-corrected chi connectivity index (χ4v) is 5.52. The van der Waals surface area contributed by atoms with E-state index in [9.17, 15) is 18.0 Å². The highest BCUT2D eigenvalue weighted by Gasteiger charge is 2.29. The predicted molar refractivity (Wildman–Crippen MR) is 156 cm³/mol. The molecular weight excluding hydrogens is 545 g/mol. The molecule has 0 aliphatic carbocycles. The fourth-order valence-electron chi connectivity index (χ4n) is 4.18. The van der Waals surface area contributed by atoms with Gasteiger partial charge in [-0.3, -0.25) is 13.9 Å². The van der Waals surface area contributed by atoms with Crippen molar-refractivity contribution in [3.63, 3.8) is 0 Å². The van der Waals surface area contributed by atoms with Crippen molar-refractivity contribution in [2.45, 2.75) is 78.9 Å². The Morgan fingerprint density at radius 3 is 2.29 bits per heavy atom. The lowest BCUT2D eigenvalue weighted by Gasteiger charge is -2.32. The Labute approximate surface area is 237 Å². The number of carbonyl (C=O) groups excluding carboxylic acids is 2. The van der Waals surface area contributed by atoms with E-state index < -0.39 is 16.1 Å². The van der Waals surface area contributed by atoms with Gasteiger partial charge in [0.25, 0.3) is 0 Å². The number of halogens is 2. The lowest BCUT2D eigenvalue weighted by Crippen LogP contribution is -2.50. The average molecular weight is 585 g/mol. The van der Waals surface area contributed by atoms with E-state index in [1.165, 1.54) is 10.6 Å². The van der Waals surface area contributed by atoms with E-state index in [0.29, 0.717) is 28.6 Å². The topological polar surface area (TPSA) is 86.8 Å². The van der Waals surface area contributed by atoms with Crippen molar-refractivity contribution in [1.29, 1.82) is 0 Å². The molecule has 7 nitrogen and oxygen atoms in total. The molecule has 0 saturated carbocycles. The normalized spacial score (nSPS) is 13.1. The lowest BCUT2D eigenvalue weighted by atomic mass is 10.1. The Morgan fingerprint density at radius 1 is 1.03 bits per heavy atom. The molecule has 0 fully saturated rings. The number of anilines is 1. The number of rotatable bonds is 13. The van der Waals surface area contributed by atoms with Gasteiger partial charge in [0.05, 0.1) is 22.0 Å². The fraction of sp³-hybridized carbons (Fsp3) is 0.500.